The monoisotopic (exact) mass is 459 g/mol. The van der Waals surface area contributed by atoms with Gasteiger partial charge in [-0.15, -0.1) is 0 Å². The maximum atomic E-state index is 13.1. The highest BCUT2D eigenvalue weighted by Crippen LogP contribution is 2.25. The first-order valence-corrected chi connectivity index (χ1v) is 12.3. The lowest BCUT2D eigenvalue weighted by Crippen LogP contribution is -2.46. The Labute approximate surface area is 189 Å². The molecule has 0 aromatic heterocycles. The number of aryl methyl sites for hydroxylation is 2. The summed E-state index contributed by atoms with van der Waals surface area (Å²) in [6, 6.07) is 11.1. The van der Waals surface area contributed by atoms with Gasteiger partial charge in [0.2, 0.25) is 15.9 Å². The summed E-state index contributed by atoms with van der Waals surface area (Å²) >= 11 is 0. The molecule has 2 amide bonds. The third kappa shape index (κ3) is 5.46. The van der Waals surface area contributed by atoms with E-state index in [4.69, 9.17) is 4.74 Å². The number of carbonyl (C=O) groups is 2. The van der Waals surface area contributed by atoms with Crippen molar-refractivity contribution in [1.82, 2.24) is 4.90 Å². The summed E-state index contributed by atoms with van der Waals surface area (Å²) in [5, 5.41) is 2.76. The summed E-state index contributed by atoms with van der Waals surface area (Å²) in [6.07, 6.45) is 1.07. The second kappa shape index (κ2) is 9.70. The molecular formula is C23H29N3O5S. The molecule has 1 heterocycles. The van der Waals surface area contributed by atoms with Crippen molar-refractivity contribution in [1.29, 1.82) is 0 Å². The second-order valence-corrected chi connectivity index (χ2v) is 9.88. The number of para-hydroxylation sites is 1. The van der Waals surface area contributed by atoms with E-state index in [0.717, 1.165) is 21.7 Å². The Hall–Kier alpha value is -2.91. The predicted molar refractivity (Wildman–Crippen MR) is 124 cm³/mol. The Morgan fingerprint density at radius 3 is 2.25 bits per heavy atom. The SMILES string of the molecule is Cc1cc(C)cc(N([C@H](C)C(=O)Nc2ccccc2C(=O)N2CCOCC2)S(C)(=O)=O)c1. The van der Waals surface area contributed by atoms with Crippen LogP contribution < -0.4 is 9.62 Å². The van der Waals surface area contributed by atoms with E-state index in [2.05, 4.69) is 5.32 Å². The Morgan fingerprint density at radius 2 is 1.66 bits per heavy atom. The third-order valence-electron chi connectivity index (χ3n) is 5.26. The molecule has 2 aromatic carbocycles. The zero-order chi connectivity index (χ0) is 23.5. The number of sulfonamides is 1. The van der Waals surface area contributed by atoms with E-state index in [0.29, 0.717) is 43.2 Å². The number of rotatable bonds is 6. The van der Waals surface area contributed by atoms with Crippen LogP contribution in [0.1, 0.15) is 28.4 Å². The highest BCUT2D eigenvalue weighted by molar-refractivity contribution is 7.92. The summed E-state index contributed by atoms with van der Waals surface area (Å²) < 4.78 is 31.6. The minimum absolute atomic E-state index is 0.203. The zero-order valence-corrected chi connectivity index (χ0v) is 19.6. The van der Waals surface area contributed by atoms with Crippen LogP contribution in [0.4, 0.5) is 11.4 Å². The molecule has 1 fully saturated rings. The quantitative estimate of drug-likeness (QED) is 0.716. The summed E-state index contributed by atoms with van der Waals surface area (Å²) in [4.78, 5) is 27.8. The number of morpholine rings is 1. The van der Waals surface area contributed by atoms with Crippen molar-refractivity contribution in [3.05, 3.63) is 59.2 Å². The van der Waals surface area contributed by atoms with Crippen molar-refractivity contribution in [3.63, 3.8) is 0 Å². The van der Waals surface area contributed by atoms with E-state index in [9.17, 15) is 18.0 Å². The number of carbonyl (C=O) groups excluding carboxylic acids is 2. The van der Waals surface area contributed by atoms with Gasteiger partial charge in [0, 0.05) is 13.1 Å². The zero-order valence-electron chi connectivity index (χ0n) is 18.8. The average Bonchev–Trinajstić information content (AvgIpc) is 2.72. The first-order valence-electron chi connectivity index (χ1n) is 10.4. The van der Waals surface area contributed by atoms with Crippen LogP contribution in [-0.4, -0.2) is 63.7 Å². The Morgan fingerprint density at radius 1 is 1.06 bits per heavy atom. The van der Waals surface area contributed by atoms with Crippen molar-refractivity contribution >= 4 is 33.2 Å². The van der Waals surface area contributed by atoms with Crippen molar-refractivity contribution in [2.75, 3.05) is 42.2 Å². The molecule has 0 unspecified atom stereocenters. The number of amides is 2. The lowest BCUT2D eigenvalue weighted by Gasteiger charge is -2.30. The highest BCUT2D eigenvalue weighted by atomic mass is 32.2. The Balaban J connectivity index is 1.88. The third-order valence-corrected chi connectivity index (χ3v) is 6.50. The molecule has 2 aromatic rings. The van der Waals surface area contributed by atoms with Gasteiger partial charge in [-0.3, -0.25) is 13.9 Å². The van der Waals surface area contributed by atoms with Crippen LogP contribution in [0, 0.1) is 13.8 Å². The molecule has 1 atom stereocenters. The first kappa shape index (κ1) is 23.7. The minimum atomic E-state index is -3.75. The molecule has 0 aliphatic carbocycles. The smallest absolute Gasteiger partial charge is 0.256 e. The number of hydrogen-bond donors (Lipinski definition) is 1. The molecule has 1 aliphatic heterocycles. The molecule has 3 rings (SSSR count). The van der Waals surface area contributed by atoms with Gasteiger partial charge in [-0.05, 0) is 56.2 Å². The van der Waals surface area contributed by atoms with Crippen molar-refractivity contribution < 1.29 is 22.7 Å². The van der Waals surface area contributed by atoms with Gasteiger partial charge in [-0.2, -0.15) is 0 Å². The molecule has 0 saturated carbocycles. The number of benzene rings is 2. The topological polar surface area (TPSA) is 96.0 Å². The van der Waals surface area contributed by atoms with E-state index in [1.54, 1.807) is 41.3 Å². The molecule has 0 radical (unpaired) electrons. The number of nitrogens with one attached hydrogen (secondary N) is 1. The standard InChI is InChI=1S/C23H29N3O5S/c1-16-13-17(2)15-19(14-16)26(32(4,29)30)18(3)22(27)24-21-8-6-5-7-20(21)23(28)25-9-11-31-12-10-25/h5-8,13-15,18H,9-12H2,1-4H3,(H,24,27)/t18-/m1/s1. The normalized spacial score (nSPS) is 15.2. The number of anilines is 2. The fraction of sp³-hybridized carbons (Fsp3) is 0.391. The van der Waals surface area contributed by atoms with Crippen LogP contribution in [0.25, 0.3) is 0 Å². The van der Waals surface area contributed by atoms with E-state index < -0.39 is 22.0 Å². The summed E-state index contributed by atoms with van der Waals surface area (Å²) in [6.45, 7) is 7.16. The molecule has 0 bridgehead atoms. The van der Waals surface area contributed by atoms with Gasteiger partial charge < -0.3 is 15.0 Å². The largest absolute Gasteiger partial charge is 0.378 e. The highest BCUT2D eigenvalue weighted by Gasteiger charge is 2.30. The van der Waals surface area contributed by atoms with E-state index >= 15 is 0 Å². The van der Waals surface area contributed by atoms with Crippen molar-refractivity contribution in [2.45, 2.75) is 26.8 Å². The second-order valence-electron chi connectivity index (χ2n) is 8.02. The predicted octanol–water partition coefficient (Wildman–Crippen LogP) is 2.57. The molecule has 172 valence electrons. The van der Waals surface area contributed by atoms with Gasteiger partial charge in [-0.25, -0.2) is 8.42 Å². The van der Waals surface area contributed by atoms with Crippen LogP contribution in [0.2, 0.25) is 0 Å². The maximum absolute atomic E-state index is 13.1. The molecule has 1 saturated heterocycles. The lowest BCUT2D eigenvalue weighted by molar-refractivity contribution is -0.116. The first-order chi connectivity index (χ1) is 15.1. The fourth-order valence-corrected chi connectivity index (χ4v) is 5.00. The van der Waals surface area contributed by atoms with Gasteiger partial charge in [0.15, 0.2) is 0 Å². The fourth-order valence-electron chi connectivity index (χ4n) is 3.84. The van der Waals surface area contributed by atoms with E-state index in [1.165, 1.54) is 6.92 Å². The van der Waals surface area contributed by atoms with Crippen LogP contribution in [0.15, 0.2) is 42.5 Å². The van der Waals surface area contributed by atoms with Crippen LogP contribution >= 0.6 is 0 Å². The molecule has 32 heavy (non-hydrogen) atoms. The van der Waals surface area contributed by atoms with E-state index in [-0.39, 0.29) is 5.91 Å². The molecule has 1 aliphatic rings. The minimum Gasteiger partial charge on any atom is -0.378 e. The van der Waals surface area contributed by atoms with Crippen LogP contribution in [0.5, 0.6) is 0 Å². The van der Waals surface area contributed by atoms with Crippen molar-refractivity contribution in [2.24, 2.45) is 0 Å². The van der Waals surface area contributed by atoms with Crippen LogP contribution in [0.3, 0.4) is 0 Å². The molecule has 8 nitrogen and oxygen atoms in total. The van der Waals surface area contributed by atoms with Gasteiger partial charge >= 0.3 is 0 Å². The van der Waals surface area contributed by atoms with Crippen LogP contribution in [-0.2, 0) is 19.6 Å². The molecular weight excluding hydrogens is 430 g/mol. The Bertz CT molecular complexity index is 1090. The maximum Gasteiger partial charge on any atom is 0.256 e. The lowest BCUT2D eigenvalue weighted by atomic mass is 10.1. The van der Waals surface area contributed by atoms with E-state index in [1.807, 2.05) is 19.9 Å². The van der Waals surface area contributed by atoms with Gasteiger partial charge in [-0.1, -0.05) is 18.2 Å². The number of nitrogens with zero attached hydrogens (tertiary/aromatic N) is 2. The van der Waals surface area contributed by atoms with Gasteiger partial charge in [0.25, 0.3) is 5.91 Å². The average molecular weight is 460 g/mol. The molecule has 9 heteroatoms. The Kier molecular flexibility index (Phi) is 7.20. The van der Waals surface area contributed by atoms with Gasteiger partial charge in [0.1, 0.15) is 6.04 Å². The molecule has 0 spiro atoms. The summed E-state index contributed by atoms with van der Waals surface area (Å²) in [5.74, 6) is -0.733. The summed E-state index contributed by atoms with van der Waals surface area (Å²) in [5.41, 5.74) is 2.90. The number of ether oxygens (including phenoxy) is 1. The molecule has 1 N–H and O–H groups in total. The van der Waals surface area contributed by atoms with Gasteiger partial charge in [0.05, 0.1) is 36.4 Å². The number of hydrogen-bond acceptors (Lipinski definition) is 5. The van der Waals surface area contributed by atoms with Crippen molar-refractivity contribution in [3.8, 4) is 0 Å². The summed E-state index contributed by atoms with van der Waals surface area (Å²) in [7, 11) is -3.75.